The third-order valence-electron chi connectivity index (χ3n) is 5.72. The Kier molecular flexibility index (Phi) is 8.51. The first-order valence-electron chi connectivity index (χ1n) is 11.5. The summed E-state index contributed by atoms with van der Waals surface area (Å²) in [5, 5.41) is 2.90. The number of thiazole rings is 1. The fourth-order valence-corrected chi connectivity index (χ4v) is 4.49. The zero-order valence-corrected chi connectivity index (χ0v) is 20.6. The van der Waals surface area contributed by atoms with Crippen LogP contribution in [0.4, 0.5) is 0 Å². The van der Waals surface area contributed by atoms with Gasteiger partial charge in [0.05, 0.1) is 32.6 Å². The van der Waals surface area contributed by atoms with Crippen molar-refractivity contribution in [1.82, 2.24) is 14.8 Å². The van der Waals surface area contributed by atoms with Gasteiger partial charge < -0.3 is 19.1 Å². The van der Waals surface area contributed by atoms with E-state index in [0.29, 0.717) is 25.3 Å². The predicted molar refractivity (Wildman–Crippen MR) is 133 cm³/mol. The van der Waals surface area contributed by atoms with Crippen LogP contribution in [0, 0.1) is 6.92 Å². The number of aryl methyl sites for hydroxylation is 1. The second-order valence-electron chi connectivity index (χ2n) is 8.25. The zero-order chi connectivity index (χ0) is 23.8. The third kappa shape index (κ3) is 6.79. The van der Waals surface area contributed by atoms with Crippen molar-refractivity contribution in [2.75, 3.05) is 46.5 Å². The summed E-state index contributed by atoms with van der Waals surface area (Å²) in [5.41, 5.74) is 2.67. The number of hydrogen-bond acceptors (Lipinski definition) is 7. The third-order valence-corrected chi connectivity index (χ3v) is 6.59. The molecule has 1 amide bonds. The topological polar surface area (TPSA) is 64.1 Å². The van der Waals surface area contributed by atoms with Gasteiger partial charge in [0.1, 0.15) is 23.1 Å². The van der Waals surface area contributed by atoms with Crippen molar-refractivity contribution in [3.8, 4) is 11.5 Å². The van der Waals surface area contributed by atoms with Crippen LogP contribution < -0.4 is 9.47 Å². The molecule has 1 saturated heterocycles. The van der Waals surface area contributed by atoms with Crippen LogP contribution in [0.2, 0.25) is 0 Å². The van der Waals surface area contributed by atoms with Crippen LogP contribution in [0.3, 0.4) is 0 Å². The van der Waals surface area contributed by atoms with E-state index in [9.17, 15) is 4.79 Å². The molecule has 1 aromatic heterocycles. The minimum atomic E-state index is -0.0125. The van der Waals surface area contributed by atoms with E-state index >= 15 is 0 Å². The van der Waals surface area contributed by atoms with Gasteiger partial charge in [-0.25, -0.2) is 4.98 Å². The highest BCUT2D eigenvalue weighted by Gasteiger charge is 2.20. The molecule has 3 aromatic rings. The Bertz CT molecular complexity index is 1060. The molecule has 2 heterocycles. The standard InChI is InChI=1S/C26H31N3O4S/c1-20-4-3-5-24(16-20)33-18-25-27-22(19-34-25)17-29(11-10-28-12-14-32-15-13-28)26(30)21-6-8-23(31-2)9-7-21/h3-9,16,19H,10-15,17-18H2,1-2H3. The average molecular weight is 482 g/mol. The number of morpholine rings is 1. The molecule has 0 spiro atoms. The van der Waals surface area contributed by atoms with Gasteiger partial charge in [-0.05, 0) is 48.9 Å². The molecule has 0 aliphatic carbocycles. The fraction of sp³-hybridized carbons (Fsp3) is 0.385. The first kappa shape index (κ1) is 24.2. The second-order valence-corrected chi connectivity index (χ2v) is 9.19. The molecule has 8 heteroatoms. The van der Waals surface area contributed by atoms with Gasteiger partial charge in [0.15, 0.2) is 0 Å². The molecule has 1 aliphatic rings. The summed E-state index contributed by atoms with van der Waals surface area (Å²) in [7, 11) is 1.62. The number of nitrogens with zero attached hydrogens (tertiary/aromatic N) is 3. The molecule has 0 saturated carbocycles. The number of hydrogen-bond donors (Lipinski definition) is 0. The van der Waals surface area contributed by atoms with E-state index in [4.69, 9.17) is 19.2 Å². The van der Waals surface area contributed by atoms with Crippen LogP contribution >= 0.6 is 11.3 Å². The van der Waals surface area contributed by atoms with Crippen molar-refractivity contribution < 1.29 is 19.0 Å². The summed E-state index contributed by atoms with van der Waals surface area (Å²) in [6, 6.07) is 15.2. The summed E-state index contributed by atoms with van der Waals surface area (Å²) in [4.78, 5) is 22.3. The minimum Gasteiger partial charge on any atom is -0.497 e. The van der Waals surface area contributed by atoms with Gasteiger partial charge in [0, 0.05) is 37.1 Å². The molecule has 0 bridgehead atoms. The normalized spacial score (nSPS) is 14.1. The van der Waals surface area contributed by atoms with E-state index in [1.165, 1.54) is 0 Å². The maximum Gasteiger partial charge on any atom is 0.254 e. The lowest BCUT2D eigenvalue weighted by Gasteiger charge is -2.30. The Balaban J connectivity index is 1.42. The maximum atomic E-state index is 13.4. The van der Waals surface area contributed by atoms with Crippen LogP contribution in [0.15, 0.2) is 53.9 Å². The number of rotatable bonds is 10. The molecule has 4 rings (SSSR count). The van der Waals surface area contributed by atoms with Crippen LogP contribution in [0.1, 0.15) is 26.6 Å². The molecule has 2 aromatic carbocycles. The van der Waals surface area contributed by atoms with Crippen LogP contribution in [0.25, 0.3) is 0 Å². The minimum absolute atomic E-state index is 0.0125. The summed E-state index contributed by atoms with van der Waals surface area (Å²) in [6.07, 6.45) is 0. The number of aromatic nitrogens is 1. The second kappa shape index (κ2) is 12.0. The summed E-state index contributed by atoms with van der Waals surface area (Å²) in [6.45, 7) is 7.59. The van der Waals surface area contributed by atoms with Crippen molar-refractivity contribution in [2.45, 2.75) is 20.1 Å². The molecule has 1 fully saturated rings. The first-order valence-corrected chi connectivity index (χ1v) is 12.3. The van der Waals surface area contributed by atoms with Gasteiger partial charge in [0.25, 0.3) is 5.91 Å². The lowest BCUT2D eigenvalue weighted by atomic mass is 10.2. The van der Waals surface area contributed by atoms with Gasteiger partial charge >= 0.3 is 0 Å². The lowest BCUT2D eigenvalue weighted by Crippen LogP contribution is -2.43. The highest BCUT2D eigenvalue weighted by atomic mass is 32.1. The number of amides is 1. The molecule has 0 atom stereocenters. The molecular formula is C26H31N3O4S. The van der Waals surface area contributed by atoms with Gasteiger partial charge in [-0.15, -0.1) is 11.3 Å². The molecular weight excluding hydrogens is 450 g/mol. The van der Waals surface area contributed by atoms with Gasteiger partial charge in [0.2, 0.25) is 0 Å². The lowest BCUT2D eigenvalue weighted by molar-refractivity contribution is 0.0319. The van der Waals surface area contributed by atoms with Crippen molar-refractivity contribution >= 4 is 17.2 Å². The Hall–Kier alpha value is -2.94. The number of benzene rings is 2. The van der Waals surface area contributed by atoms with Crippen LogP contribution in [-0.4, -0.2) is 67.2 Å². The van der Waals surface area contributed by atoms with Gasteiger partial charge in [-0.3, -0.25) is 9.69 Å². The van der Waals surface area contributed by atoms with Crippen molar-refractivity contribution in [3.05, 3.63) is 75.7 Å². The van der Waals surface area contributed by atoms with Crippen molar-refractivity contribution in [1.29, 1.82) is 0 Å². The smallest absolute Gasteiger partial charge is 0.254 e. The molecule has 0 radical (unpaired) electrons. The number of ether oxygens (including phenoxy) is 3. The van der Waals surface area contributed by atoms with Gasteiger partial charge in [-0.1, -0.05) is 12.1 Å². The summed E-state index contributed by atoms with van der Waals surface area (Å²) in [5.74, 6) is 1.55. The van der Waals surface area contributed by atoms with Crippen molar-refractivity contribution in [2.24, 2.45) is 0 Å². The van der Waals surface area contributed by atoms with E-state index < -0.39 is 0 Å². The number of carbonyl (C=O) groups is 1. The molecule has 0 unspecified atom stereocenters. The highest BCUT2D eigenvalue weighted by Crippen LogP contribution is 2.19. The van der Waals surface area contributed by atoms with E-state index in [1.807, 2.05) is 65.7 Å². The molecule has 7 nitrogen and oxygen atoms in total. The highest BCUT2D eigenvalue weighted by molar-refractivity contribution is 7.09. The number of carbonyl (C=O) groups excluding carboxylic acids is 1. The Morgan fingerprint density at radius 2 is 1.94 bits per heavy atom. The molecule has 0 N–H and O–H groups in total. The molecule has 1 aliphatic heterocycles. The van der Waals surface area contributed by atoms with Crippen LogP contribution in [0.5, 0.6) is 11.5 Å². The molecule has 34 heavy (non-hydrogen) atoms. The quantitative estimate of drug-likeness (QED) is 0.436. The van der Waals surface area contributed by atoms with Crippen LogP contribution in [-0.2, 0) is 17.9 Å². The van der Waals surface area contributed by atoms with E-state index in [-0.39, 0.29) is 5.91 Å². The van der Waals surface area contributed by atoms with E-state index in [0.717, 1.165) is 60.6 Å². The van der Waals surface area contributed by atoms with Gasteiger partial charge in [-0.2, -0.15) is 0 Å². The fourth-order valence-electron chi connectivity index (χ4n) is 3.79. The van der Waals surface area contributed by atoms with E-state index in [1.54, 1.807) is 18.4 Å². The van der Waals surface area contributed by atoms with E-state index in [2.05, 4.69) is 4.90 Å². The maximum absolute atomic E-state index is 13.4. The Morgan fingerprint density at radius 3 is 2.68 bits per heavy atom. The summed E-state index contributed by atoms with van der Waals surface area (Å²) < 4.78 is 16.6. The van der Waals surface area contributed by atoms with Crippen molar-refractivity contribution in [3.63, 3.8) is 0 Å². The monoisotopic (exact) mass is 481 g/mol. The zero-order valence-electron chi connectivity index (χ0n) is 19.7. The average Bonchev–Trinajstić information content (AvgIpc) is 3.33. The SMILES string of the molecule is COc1ccc(C(=O)N(CCN2CCOCC2)Cc2csc(COc3cccc(C)c3)n2)cc1. The molecule has 180 valence electrons. The largest absolute Gasteiger partial charge is 0.497 e. The Labute approximate surface area is 204 Å². The first-order chi connectivity index (χ1) is 16.6. The predicted octanol–water partition coefficient (Wildman–Crippen LogP) is 4.01. The number of methoxy groups -OCH3 is 1. The summed E-state index contributed by atoms with van der Waals surface area (Å²) >= 11 is 1.56. The Morgan fingerprint density at radius 1 is 1.15 bits per heavy atom.